The van der Waals surface area contributed by atoms with E-state index in [2.05, 4.69) is 12.1 Å². The first-order valence-corrected chi connectivity index (χ1v) is 6.71. The van der Waals surface area contributed by atoms with Crippen LogP contribution in [-0.2, 0) is 21.3 Å². The van der Waals surface area contributed by atoms with Crippen LogP contribution in [-0.4, -0.2) is 38.3 Å². The first kappa shape index (κ1) is 14.5. The summed E-state index contributed by atoms with van der Waals surface area (Å²) >= 11 is 0. The van der Waals surface area contributed by atoms with Crippen LogP contribution in [0.3, 0.4) is 0 Å². The molecule has 0 bridgehead atoms. The Bertz CT molecular complexity index is 420. The van der Waals surface area contributed by atoms with Gasteiger partial charge in [0.05, 0.1) is 0 Å². The van der Waals surface area contributed by atoms with Gasteiger partial charge in [0, 0.05) is 26.2 Å². The molecule has 19 heavy (non-hydrogen) atoms. The zero-order chi connectivity index (χ0) is 13.9. The fraction of sp³-hybridized carbons (Fsp3) is 0.600. The number of aliphatic hydroxyl groups is 1. The Morgan fingerprint density at radius 1 is 1.32 bits per heavy atom. The lowest BCUT2D eigenvalue weighted by molar-refractivity contribution is -0.185. The number of aryl methyl sites for hydroxylation is 1. The van der Waals surface area contributed by atoms with E-state index >= 15 is 0 Å². The van der Waals surface area contributed by atoms with Crippen molar-refractivity contribution in [1.29, 1.82) is 0 Å². The van der Waals surface area contributed by atoms with Crippen molar-refractivity contribution < 1.29 is 14.6 Å². The molecule has 0 saturated carbocycles. The number of rotatable bonds is 5. The average molecular weight is 265 g/mol. The van der Waals surface area contributed by atoms with E-state index in [-0.39, 0.29) is 0 Å². The van der Waals surface area contributed by atoms with E-state index in [4.69, 9.17) is 15.2 Å². The van der Waals surface area contributed by atoms with Crippen molar-refractivity contribution in [3.63, 3.8) is 0 Å². The number of ether oxygens (including phenoxy) is 2. The quantitative estimate of drug-likeness (QED) is 0.785. The number of methoxy groups -OCH3 is 2. The van der Waals surface area contributed by atoms with Gasteiger partial charge < -0.3 is 20.3 Å². The van der Waals surface area contributed by atoms with Crippen LogP contribution in [0.5, 0.6) is 0 Å². The van der Waals surface area contributed by atoms with Crippen molar-refractivity contribution in [2.75, 3.05) is 20.8 Å². The van der Waals surface area contributed by atoms with Crippen molar-refractivity contribution in [3.8, 4) is 0 Å². The first-order chi connectivity index (χ1) is 9.19. The third kappa shape index (κ3) is 2.41. The van der Waals surface area contributed by atoms with E-state index in [1.165, 1.54) is 19.8 Å². The van der Waals surface area contributed by atoms with Crippen LogP contribution in [0.1, 0.15) is 24.0 Å². The summed E-state index contributed by atoms with van der Waals surface area (Å²) in [7, 11) is 3.08. The van der Waals surface area contributed by atoms with Gasteiger partial charge in [-0.25, -0.2) is 0 Å². The molecule has 0 fully saturated rings. The molecule has 1 aliphatic carbocycles. The normalized spacial score (nSPS) is 24.3. The molecular weight excluding hydrogens is 242 g/mol. The Balaban J connectivity index is 2.44. The molecule has 2 rings (SSSR count). The largest absolute Gasteiger partial charge is 0.387 e. The van der Waals surface area contributed by atoms with Crippen LogP contribution < -0.4 is 5.73 Å². The summed E-state index contributed by atoms with van der Waals surface area (Å²) < 4.78 is 10.5. The number of hydrogen-bond donors (Lipinski definition) is 2. The molecule has 4 nitrogen and oxygen atoms in total. The van der Waals surface area contributed by atoms with Crippen molar-refractivity contribution in [3.05, 3.63) is 35.4 Å². The van der Waals surface area contributed by atoms with Gasteiger partial charge in [-0.05, 0) is 30.4 Å². The second-order valence-electron chi connectivity index (χ2n) is 5.16. The predicted molar refractivity (Wildman–Crippen MR) is 73.9 cm³/mol. The molecule has 106 valence electrons. The Morgan fingerprint density at radius 2 is 2.00 bits per heavy atom. The Kier molecular flexibility index (Phi) is 4.58. The van der Waals surface area contributed by atoms with Crippen molar-refractivity contribution in [2.24, 2.45) is 5.73 Å². The average Bonchev–Trinajstić information content (AvgIpc) is 2.47. The summed E-state index contributed by atoms with van der Waals surface area (Å²) in [6.45, 7) is 0.383. The molecule has 0 heterocycles. The second kappa shape index (κ2) is 6.01. The lowest BCUT2D eigenvalue weighted by Crippen LogP contribution is -2.54. The molecule has 2 unspecified atom stereocenters. The number of fused-ring (bicyclic) bond motifs is 1. The minimum Gasteiger partial charge on any atom is -0.387 e. The van der Waals surface area contributed by atoms with E-state index in [0.29, 0.717) is 6.54 Å². The van der Waals surface area contributed by atoms with Crippen LogP contribution in [0.15, 0.2) is 24.3 Å². The van der Waals surface area contributed by atoms with Gasteiger partial charge in [-0.15, -0.1) is 0 Å². The lowest BCUT2D eigenvalue weighted by atomic mass is 9.66. The van der Waals surface area contributed by atoms with Crippen molar-refractivity contribution >= 4 is 0 Å². The smallest absolute Gasteiger partial charge is 0.183 e. The maximum Gasteiger partial charge on any atom is 0.183 e. The molecule has 0 aromatic heterocycles. The summed E-state index contributed by atoms with van der Waals surface area (Å²) in [5, 5.41) is 10.7. The molecule has 1 aromatic rings. The van der Waals surface area contributed by atoms with Gasteiger partial charge in [-0.2, -0.15) is 0 Å². The maximum atomic E-state index is 10.7. The zero-order valence-corrected chi connectivity index (χ0v) is 11.6. The molecule has 0 saturated heterocycles. The minimum atomic E-state index is -0.769. The number of nitrogens with two attached hydrogens (primary N) is 1. The fourth-order valence-corrected chi connectivity index (χ4v) is 3.21. The topological polar surface area (TPSA) is 64.7 Å². The highest BCUT2D eigenvalue weighted by Gasteiger charge is 2.45. The first-order valence-electron chi connectivity index (χ1n) is 6.71. The summed E-state index contributed by atoms with van der Waals surface area (Å²) in [5.74, 6) is 0. The zero-order valence-electron chi connectivity index (χ0n) is 11.6. The monoisotopic (exact) mass is 265 g/mol. The molecular formula is C15H23NO3. The third-order valence-electron chi connectivity index (χ3n) is 4.28. The SMILES string of the molecule is COC(OC)C(O)C1(CN)CCCc2ccccc21. The number of hydrogen-bond acceptors (Lipinski definition) is 4. The van der Waals surface area contributed by atoms with Gasteiger partial charge >= 0.3 is 0 Å². The maximum absolute atomic E-state index is 10.7. The van der Waals surface area contributed by atoms with Crippen molar-refractivity contribution in [1.82, 2.24) is 0 Å². The number of benzene rings is 1. The van der Waals surface area contributed by atoms with Crippen LogP contribution in [0.25, 0.3) is 0 Å². The van der Waals surface area contributed by atoms with E-state index in [0.717, 1.165) is 24.8 Å². The molecule has 0 spiro atoms. The number of aliphatic hydroxyl groups excluding tert-OH is 1. The third-order valence-corrected chi connectivity index (χ3v) is 4.28. The van der Waals surface area contributed by atoms with E-state index in [9.17, 15) is 5.11 Å². The van der Waals surface area contributed by atoms with Gasteiger partial charge in [0.25, 0.3) is 0 Å². The lowest BCUT2D eigenvalue weighted by Gasteiger charge is -2.43. The molecule has 4 heteroatoms. The highest BCUT2D eigenvalue weighted by Crippen LogP contribution is 2.40. The molecule has 1 aliphatic rings. The van der Waals surface area contributed by atoms with Gasteiger partial charge in [-0.3, -0.25) is 0 Å². The predicted octanol–water partition coefficient (Wildman–Crippen LogP) is 1.20. The Labute approximate surface area is 114 Å². The summed E-state index contributed by atoms with van der Waals surface area (Å²) in [6.07, 6.45) is 1.48. The van der Waals surface area contributed by atoms with Crippen LogP contribution in [0.4, 0.5) is 0 Å². The van der Waals surface area contributed by atoms with Gasteiger partial charge in [-0.1, -0.05) is 24.3 Å². The summed E-state index contributed by atoms with van der Waals surface area (Å²) in [4.78, 5) is 0. The van der Waals surface area contributed by atoms with E-state index in [1.807, 2.05) is 12.1 Å². The van der Waals surface area contributed by atoms with Gasteiger partial charge in [0.2, 0.25) is 0 Å². The minimum absolute atomic E-state index is 0.383. The van der Waals surface area contributed by atoms with Crippen LogP contribution in [0, 0.1) is 0 Å². The van der Waals surface area contributed by atoms with Gasteiger partial charge in [0.1, 0.15) is 6.10 Å². The van der Waals surface area contributed by atoms with Crippen molar-refractivity contribution in [2.45, 2.75) is 37.1 Å². The van der Waals surface area contributed by atoms with Crippen LogP contribution >= 0.6 is 0 Å². The molecule has 0 amide bonds. The molecule has 0 radical (unpaired) electrons. The molecule has 1 aromatic carbocycles. The summed E-state index contributed by atoms with van der Waals surface area (Å²) in [5.41, 5.74) is 7.95. The summed E-state index contributed by atoms with van der Waals surface area (Å²) in [6, 6.07) is 8.20. The standard InChI is InChI=1S/C15H23NO3/c1-18-14(19-2)13(17)15(10-16)9-5-7-11-6-3-4-8-12(11)15/h3-4,6,8,13-14,17H,5,7,9-10,16H2,1-2H3. The van der Waals surface area contributed by atoms with Crippen LogP contribution in [0.2, 0.25) is 0 Å². The fourth-order valence-electron chi connectivity index (χ4n) is 3.21. The molecule has 0 aliphatic heterocycles. The second-order valence-corrected chi connectivity index (χ2v) is 5.16. The Hall–Kier alpha value is -0.940. The highest BCUT2D eigenvalue weighted by molar-refractivity contribution is 5.38. The highest BCUT2D eigenvalue weighted by atomic mass is 16.7. The Morgan fingerprint density at radius 3 is 2.63 bits per heavy atom. The molecule has 2 atom stereocenters. The van der Waals surface area contributed by atoms with E-state index < -0.39 is 17.8 Å². The molecule has 3 N–H and O–H groups in total. The van der Waals surface area contributed by atoms with Gasteiger partial charge in [0.15, 0.2) is 6.29 Å². The van der Waals surface area contributed by atoms with E-state index in [1.54, 1.807) is 0 Å².